The van der Waals surface area contributed by atoms with Gasteiger partial charge in [0.15, 0.2) is 0 Å². The van der Waals surface area contributed by atoms with Crippen molar-refractivity contribution in [2.45, 2.75) is 13.5 Å². The number of imide groups is 2. The van der Waals surface area contributed by atoms with Crippen LogP contribution in [0.3, 0.4) is 0 Å². The molecule has 0 saturated heterocycles. The van der Waals surface area contributed by atoms with Crippen LogP contribution in [0.1, 0.15) is 73.3 Å². The van der Waals surface area contributed by atoms with E-state index in [0.29, 0.717) is 28.4 Å². The molecule has 0 unspecified atom stereocenters. The first-order chi connectivity index (χ1) is 24.0. The summed E-state index contributed by atoms with van der Waals surface area (Å²) in [7, 11) is 1.38. The molecular formula is C39H28N4O7. The number of ether oxygens (including phenoxy) is 1. The number of nitrogens with zero attached hydrogens (tertiary/aromatic N) is 2. The van der Waals surface area contributed by atoms with Crippen molar-refractivity contribution in [2.75, 3.05) is 17.7 Å². The molecule has 0 saturated carbocycles. The molecule has 11 heteroatoms. The maximum atomic E-state index is 13.4. The van der Waals surface area contributed by atoms with Crippen molar-refractivity contribution in [3.05, 3.63) is 154 Å². The summed E-state index contributed by atoms with van der Waals surface area (Å²) in [6, 6.07) is 29.8. The van der Waals surface area contributed by atoms with Crippen molar-refractivity contribution >= 4 is 46.8 Å². The fourth-order valence-electron chi connectivity index (χ4n) is 5.76. The molecule has 50 heavy (non-hydrogen) atoms. The van der Waals surface area contributed by atoms with Gasteiger partial charge in [-0.25, -0.2) is 0 Å². The van der Waals surface area contributed by atoms with E-state index in [1.54, 1.807) is 48.5 Å². The first-order valence-corrected chi connectivity index (χ1v) is 15.6. The smallest absolute Gasteiger partial charge is 0.261 e. The molecule has 5 aromatic carbocycles. The average molecular weight is 665 g/mol. The molecule has 0 bridgehead atoms. The number of rotatable bonds is 8. The van der Waals surface area contributed by atoms with Gasteiger partial charge < -0.3 is 15.4 Å². The summed E-state index contributed by atoms with van der Waals surface area (Å²) >= 11 is 0. The SMILES string of the molecule is Cc1ccc(Oc2ccc(NC(=O)c3ccc4c(c3)C(=O)N(Cc3cccc(NC(=O)c5ccc6c(c5)C(=O)N(C)C6=O)c3)C4=O)cc2)cc1. The third-order valence-corrected chi connectivity index (χ3v) is 8.48. The molecule has 2 heterocycles. The zero-order valence-corrected chi connectivity index (χ0v) is 26.9. The minimum absolute atomic E-state index is 0.0730. The zero-order chi connectivity index (χ0) is 35.1. The second-order valence-corrected chi connectivity index (χ2v) is 11.9. The minimum Gasteiger partial charge on any atom is -0.457 e. The Morgan fingerprint density at radius 3 is 1.74 bits per heavy atom. The summed E-state index contributed by atoms with van der Waals surface area (Å²) in [5, 5.41) is 5.56. The zero-order valence-electron chi connectivity index (χ0n) is 26.9. The standard InChI is InChI=1S/C39H28N4O7/c1-22-6-12-28(13-7-22)50-29-14-10-26(11-15-29)40-34(44)25-9-17-31-33(20-25)39(49)43(38(31)48)21-23-4-3-5-27(18-23)41-35(45)24-8-16-30-32(19-24)37(47)42(2)36(30)46/h3-20H,21H2,1-2H3,(H,40,44)(H,41,45). The summed E-state index contributed by atoms with van der Waals surface area (Å²) in [5.74, 6) is -1.62. The maximum absolute atomic E-state index is 13.4. The fourth-order valence-corrected chi connectivity index (χ4v) is 5.76. The van der Waals surface area contributed by atoms with E-state index >= 15 is 0 Å². The Morgan fingerprint density at radius 2 is 1.10 bits per heavy atom. The van der Waals surface area contributed by atoms with Gasteiger partial charge in [0.25, 0.3) is 35.4 Å². The third kappa shape index (κ3) is 5.99. The minimum atomic E-state index is -0.547. The summed E-state index contributed by atoms with van der Waals surface area (Å²) in [6.45, 7) is 1.92. The number of hydrogen-bond donors (Lipinski definition) is 2. The third-order valence-electron chi connectivity index (χ3n) is 8.48. The summed E-state index contributed by atoms with van der Waals surface area (Å²) in [6.07, 6.45) is 0. The number of carbonyl (C=O) groups excluding carboxylic acids is 6. The van der Waals surface area contributed by atoms with E-state index in [-0.39, 0.29) is 39.9 Å². The Kier molecular flexibility index (Phi) is 8.00. The molecule has 2 aliphatic rings. The first kappa shape index (κ1) is 31.7. The van der Waals surface area contributed by atoms with E-state index in [4.69, 9.17) is 4.74 Å². The van der Waals surface area contributed by atoms with Crippen molar-refractivity contribution in [3.8, 4) is 11.5 Å². The molecule has 6 amide bonds. The van der Waals surface area contributed by atoms with E-state index in [1.807, 2.05) is 31.2 Å². The van der Waals surface area contributed by atoms with E-state index in [0.717, 1.165) is 15.4 Å². The molecule has 2 aliphatic heterocycles. The number of hydrogen-bond acceptors (Lipinski definition) is 7. The maximum Gasteiger partial charge on any atom is 0.261 e. The Bertz CT molecular complexity index is 2260. The van der Waals surface area contributed by atoms with E-state index in [1.165, 1.54) is 43.4 Å². The van der Waals surface area contributed by atoms with Crippen LogP contribution in [0.2, 0.25) is 0 Å². The molecule has 0 aromatic heterocycles. The Balaban J connectivity index is 0.998. The molecule has 0 spiro atoms. The van der Waals surface area contributed by atoms with Crippen LogP contribution in [0.25, 0.3) is 0 Å². The molecule has 2 N–H and O–H groups in total. The number of nitrogens with one attached hydrogen (secondary N) is 2. The van der Waals surface area contributed by atoms with Gasteiger partial charge in [0.1, 0.15) is 11.5 Å². The highest BCUT2D eigenvalue weighted by molar-refractivity contribution is 6.23. The van der Waals surface area contributed by atoms with Gasteiger partial charge >= 0.3 is 0 Å². The number of fused-ring (bicyclic) bond motifs is 2. The van der Waals surface area contributed by atoms with E-state index in [9.17, 15) is 28.8 Å². The van der Waals surface area contributed by atoms with Crippen LogP contribution in [0.15, 0.2) is 109 Å². The van der Waals surface area contributed by atoms with Gasteiger partial charge in [0.05, 0.1) is 28.8 Å². The van der Waals surface area contributed by atoms with Gasteiger partial charge in [0.2, 0.25) is 0 Å². The molecule has 0 aliphatic carbocycles. The first-order valence-electron chi connectivity index (χ1n) is 15.6. The van der Waals surface area contributed by atoms with Crippen LogP contribution in [0, 0.1) is 6.92 Å². The van der Waals surface area contributed by atoms with Crippen LogP contribution < -0.4 is 15.4 Å². The van der Waals surface area contributed by atoms with E-state index in [2.05, 4.69) is 10.6 Å². The van der Waals surface area contributed by atoms with Crippen LogP contribution in [0.4, 0.5) is 11.4 Å². The van der Waals surface area contributed by atoms with Crippen molar-refractivity contribution in [2.24, 2.45) is 0 Å². The lowest BCUT2D eigenvalue weighted by Gasteiger charge is -2.15. The molecule has 246 valence electrons. The highest BCUT2D eigenvalue weighted by Gasteiger charge is 2.36. The Morgan fingerprint density at radius 1 is 0.580 bits per heavy atom. The predicted octanol–water partition coefficient (Wildman–Crippen LogP) is 6.31. The van der Waals surface area contributed by atoms with Crippen LogP contribution in [-0.4, -0.2) is 52.3 Å². The van der Waals surface area contributed by atoms with Crippen molar-refractivity contribution in [3.63, 3.8) is 0 Å². The molecular weight excluding hydrogens is 636 g/mol. The fraction of sp³-hybridized carbons (Fsp3) is 0.0769. The van der Waals surface area contributed by atoms with Crippen molar-refractivity contribution in [1.29, 1.82) is 0 Å². The lowest BCUT2D eigenvalue weighted by molar-refractivity contribution is 0.0638. The van der Waals surface area contributed by atoms with Gasteiger partial charge in [0, 0.05) is 29.5 Å². The molecule has 7 rings (SSSR count). The second kappa shape index (κ2) is 12.6. The Hall–Kier alpha value is -6.88. The van der Waals surface area contributed by atoms with Crippen molar-refractivity contribution < 1.29 is 33.5 Å². The van der Waals surface area contributed by atoms with Crippen LogP contribution in [-0.2, 0) is 6.54 Å². The number of anilines is 2. The number of carbonyl (C=O) groups is 6. The van der Waals surface area contributed by atoms with Gasteiger partial charge in [-0.3, -0.25) is 38.6 Å². The molecule has 5 aromatic rings. The predicted molar refractivity (Wildman–Crippen MR) is 184 cm³/mol. The van der Waals surface area contributed by atoms with Crippen LogP contribution >= 0.6 is 0 Å². The van der Waals surface area contributed by atoms with Gasteiger partial charge in [-0.2, -0.15) is 0 Å². The summed E-state index contributed by atoms with van der Waals surface area (Å²) in [5.41, 5.74) is 3.71. The molecule has 0 radical (unpaired) electrons. The molecule has 0 atom stereocenters. The summed E-state index contributed by atoms with van der Waals surface area (Å²) < 4.78 is 5.84. The Labute approximate surface area is 286 Å². The molecule has 11 nitrogen and oxygen atoms in total. The quantitative estimate of drug-likeness (QED) is 0.185. The van der Waals surface area contributed by atoms with Gasteiger partial charge in [-0.15, -0.1) is 0 Å². The number of amides is 6. The largest absolute Gasteiger partial charge is 0.457 e. The van der Waals surface area contributed by atoms with Crippen LogP contribution in [0.5, 0.6) is 11.5 Å². The van der Waals surface area contributed by atoms with Crippen molar-refractivity contribution in [1.82, 2.24) is 9.80 Å². The highest BCUT2D eigenvalue weighted by Crippen LogP contribution is 2.28. The van der Waals surface area contributed by atoms with Gasteiger partial charge in [-0.1, -0.05) is 29.8 Å². The lowest BCUT2D eigenvalue weighted by Crippen LogP contribution is -2.29. The number of aryl methyl sites for hydroxylation is 1. The second-order valence-electron chi connectivity index (χ2n) is 11.9. The highest BCUT2D eigenvalue weighted by atomic mass is 16.5. The number of benzene rings is 5. The summed E-state index contributed by atoms with van der Waals surface area (Å²) in [4.78, 5) is 79.4. The average Bonchev–Trinajstić information content (AvgIpc) is 3.49. The monoisotopic (exact) mass is 664 g/mol. The van der Waals surface area contributed by atoms with Gasteiger partial charge in [-0.05, 0) is 97.4 Å². The normalized spacial score (nSPS) is 13.3. The lowest BCUT2D eigenvalue weighted by atomic mass is 10.1. The topological polar surface area (TPSA) is 142 Å². The molecule has 0 fully saturated rings. The van der Waals surface area contributed by atoms with E-state index < -0.39 is 35.4 Å².